The van der Waals surface area contributed by atoms with Crippen molar-refractivity contribution in [1.29, 1.82) is 0 Å². The van der Waals surface area contributed by atoms with Crippen molar-refractivity contribution in [2.24, 2.45) is 0 Å². The molecule has 2 rings (SSSR count). The molecule has 0 atom stereocenters. The summed E-state index contributed by atoms with van der Waals surface area (Å²) >= 11 is 7.73. The molecular weight excluding hydrogens is 202 g/mol. The van der Waals surface area contributed by atoms with Gasteiger partial charge in [0.15, 0.2) is 0 Å². The molecule has 3 heteroatoms. The third-order valence-electron chi connectivity index (χ3n) is 2.19. The number of fused-ring (bicyclic) bond motifs is 1. The average molecular weight is 212 g/mol. The van der Waals surface area contributed by atoms with Gasteiger partial charge in [-0.25, -0.2) is 0 Å². The van der Waals surface area contributed by atoms with Crippen LogP contribution >= 0.6 is 22.9 Å². The molecule has 0 aliphatic carbocycles. The summed E-state index contributed by atoms with van der Waals surface area (Å²) in [6, 6.07) is 4.01. The minimum Gasteiger partial charge on any atom is -0.397 e. The number of nitrogens with two attached hydrogens (primary N) is 1. The molecule has 0 spiro atoms. The molecule has 0 unspecified atom stereocenters. The van der Waals surface area contributed by atoms with Crippen LogP contribution in [0, 0.1) is 0 Å². The van der Waals surface area contributed by atoms with Gasteiger partial charge in [-0.15, -0.1) is 11.3 Å². The zero-order valence-electron chi connectivity index (χ0n) is 7.30. The molecule has 2 N–H and O–H groups in total. The van der Waals surface area contributed by atoms with E-state index >= 15 is 0 Å². The predicted molar refractivity (Wildman–Crippen MR) is 60.6 cm³/mol. The van der Waals surface area contributed by atoms with E-state index in [2.05, 4.69) is 18.4 Å². The van der Waals surface area contributed by atoms with Crippen LogP contribution in [0.25, 0.3) is 10.1 Å². The molecule has 1 aromatic heterocycles. The summed E-state index contributed by atoms with van der Waals surface area (Å²) in [5, 5.41) is 3.93. The largest absolute Gasteiger partial charge is 0.397 e. The van der Waals surface area contributed by atoms with Gasteiger partial charge in [-0.3, -0.25) is 0 Å². The number of halogens is 1. The van der Waals surface area contributed by atoms with E-state index in [0.29, 0.717) is 5.02 Å². The van der Waals surface area contributed by atoms with E-state index in [1.54, 1.807) is 11.3 Å². The van der Waals surface area contributed by atoms with E-state index in [1.165, 1.54) is 15.6 Å². The van der Waals surface area contributed by atoms with Crippen LogP contribution in [-0.2, 0) is 6.42 Å². The Hall–Kier alpha value is -0.730. The molecule has 0 saturated heterocycles. The lowest BCUT2D eigenvalue weighted by molar-refractivity contribution is 1.17. The molecule has 0 radical (unpaired) electrons. The molecule has 0 bridgehead atoms. The minimum absolute atomic E-state index is 0.669. The number of rotatable bonds is 1. The average Bonchev–Trinajstić information content (AvgIpc) is 2.54. The zero-order chi connectivity index (χ0) is 9.42. The Morgan fingerprint density at radius 1 is 1.54 bits per heavy atom. The standard InChI is InChI=1S/C10H10ClNS/c1-2-7-9(12)8(11)5-6-3-4-13-10(6)7/h3-5H,2,12H2,1H3. The maximum atomic E-state index is 6.01. The molecule has 2 aromatic rings. The maximum absolute atomic E-state index is 6.01. The molecule has 0 amide bonds. The molecule has 1 heterocycles. The Morgan fingerprint density at radius 2 is 2.31 bits per heavy atom. The van der Waals surface area contributed by atoms with E-state index in [4.69, 9.17) is 17.3 Å². The highest BCUT2D eigenvalue weighted by atomic mass is 35.5. The summed E-state index contributed by atoms with van der Waals surface area (Å²) in [6.07, 6.45) is 0.934. The number of aryl methyl sites for hydroxylation is 1. The Kier molecular flexibility index (Phi) is 2.18. The normalized spacial score (nSPS) is 10.9. The molecular formula is C10H10ClNS. The monoisotopic (exact) mass is 211 g/mol. The number of hydrogen-bond donors (Lipinski definition) is 1. The lowest BCUT2D eigenvalue weighted by Gasteiger charge is -2.06. The van der Waals surface area contributed by atoms with Gasteiger partial charge in [-0.1, -0.05) is 18.5 Å². The lowest BCUT2D eigenvalue weighted by atomic mass is 10.1. The fourth-order valence-corrected chi connectivity index (χ4v) is 2.75. The first-order valence-electron chi connectivity index (χ1n) is 4.18. The Morgan fingerprint density at radius 3 is 3.00 bits per heavy atom. The van der Waals surface area contributed by atoms with Crippen LogP contribution in [0.2, 0.25) is 5.02 Å². The van der Waals surface area contributed by atoms with Gasteiger partial charge >= 0.3 is 0 Å². The number of nitrogen functional groups attached to an aromatic ring is 1. The fraction of sp³-hybridized carbons (Fsp3) is 0.200. The number of benzene rings is 1. The number of hydrogen-bond acceptors (Lipinski definition) is 2. The summed E-state index contributed by atoms with van der Waals surface area (Å²) in [4.78, 5) is 0. The van der Waals surface area contributed by atoms with Gasteiger partial charge in [0.05, 0.1) is 10.7 Å². The van der Waals surface area contributed by atoms with Crippen LogP contribution < -0.4 is 5.73 Å². The van der Waals surface area contributed by atoms with Gasteiger partial charge in [-0.05, 0) is 34.9 Å². The van der Waals surface area contributed by atoms with Crippen LogP contribution in [0.1, 0.15) is 12.5 Å². The summed E-state index contributed by atoms with van der Waals surface area (Å²) < 4.78 is 1.27. The topological polar surface area (TPSA) is 26.0 Å². The second kappa shape index (κ2) is 3.20. The van der Waals surface area contributed by atoms with Crippen molar-refractivity contribution in [2.75, 3.05) is 5.73 Å². The van der Waals surface area contributed by atoms with Crippen LogP contribution in [0.15, 0.2) is 17.5 Å². The van der Waals surface area contributed by atoms with Crippen LogP contribution in [0.3, 0.4) is 0 Å². The van der Waals surface area contributed by atoms with Gasteiger partial charge in [0.1, 0.15) is 0 Å². The van der Waals surface area contributed by atoms with Crippen molar-refractivity contribution in [3.8, 4) is 0 Å². The number of anilines is 1. The van der Waals surface area contributed by atoms with Crippen molar-refractivity contribution in [3.05, 3.63) is 28.1 Å². The van der Waals surface area contributed by atoms with Crippen molar-refractivity contribution >= 4 is 38.7 Å². The molecule has 13 heavy (non-hydrogen) atoms. The summed E-state index contributed by atoms with van der Waals surface area (Å²) in [6.45, 7) is 2.10. The lowest BCUT2D eigenvalue weighted by Crippen LogP contribution is -1.93. The van der Waals surface area contributed by atoms with Crippen LogP contribution in [-0.4, -0.2) is 0 Å². The van der Waals surface area contributed by atoms with Crippen molar-refractivity contribution in [1.82, 2.24) is 0 Å². The van der Waals surface area contributed by atoms with E-state index in [0.717, 1.165) is 12.1 Å². The molecule has 1 nitrogen and oxygen atoms in total. The first-order valence-corrected chi connectivity index (χ1v) is 5.44. The highest BCUT2D eigenvalue weighted by molar-refractivity contribution is 7.17. The van der Waals surface area contributed by atoms with Gasteiger partial charge in [0.2, 0.25) is 0 Å². The first kappa shape index (κ1) is 8.85. The highest BCUT2D eigenvalue weighted by Gasteiger charge is 2.08. The fourth-order valence-electron chi connectivity index (χ4n) is 1.51. The molecule has 0 aliphatic heterocycles. The van der Waals surface area contributed by atoms with Crippen molar-refractivity contribution < 1.29 is 0 Å². The van der Waals surface area contributed by atoms with Crippen LogP contribution in [0.5, 0.6) is 0 Å². The van der Waals surface area contributed by atoms with Gasteiger partial charge < -0.3 is 5.73 Å². The minimum atomic E-state index is 0.669. The smallest absolute Gasteiger partial charge is 0.0645 e. The second-order valence-corrected chi connectivity index (χ2v) is 4.27. The van der Waals surface area contributed by atoms with E-state index < -0.39 is 0 Å². The van der Waals surface area contributed by atoms with E-state index in [-0.39, 0.29) is 0 Å². The Balaban J connectivity index is 2.87. The maximum Gasteiger partial charge on any atom is 0.0645 e. The Labute approximate surface area is 86.1 Å². The SMILES string of the molecule is CCc1c(N)c(Cl)cc2ccsc12. The summed E-state index contributed by atoms with van der Waals surface area (Å²) in [5.41, 5.74) is 7.81. The Bertz CT molecular complexity index is 447. The zero-order valence-corrected chi connectivity index (χ0v) is 8.88. The molecule has 0 aliphatic rings. The first-order chi connectivity index (χ1) is 6.24. The third kappa shape index (κ3) is 1.30. The van der Waals surface area contributed by atoms with Gasteiger partial charge in [0, 0.05) is 4.70 Å². The predicted octanol–water partition coefficient (Wildman–Crippen LogP) is 3.70. The highest BCUT2D eigenvalue weighted by Crippen LogP contribution is 2.34. The van der Waals surface area contributed by atoms with Crippen molar-refractivity contribution in [3.63, 3.8) is 0 Å². The summed E-state index contributed by atoms with van der Waals surface area (Å²) in [7, 11) is 0. The molecule has 1 aromatic carbocycles. The quantitative estimate of drug-likeness (QED) is 0.716. The van der Waals surface area contributed by atoms with E-state index in [9.17, 15) is 0 Å². The van der Waals surface area contributed by atoms with Crippen molar-refractivity contribution in [2.45, 2.75) is 13.3 Å². The second-order valence-electron chi connectivity index (χ2n) is 2.94. The molecule has 0 fully saturated rings. The number of thiophene rings is 1. The van der Waals surface area contributed by atoms with E-state index in [1.807, 2.05) is 6.07 Å². The van der Waals surface area contributed by atoms with Gasteiger partial charge in [0.25, 0.3) is 0 Å². The van der Waals surface area contributed by atoms with Crippen LogP contribution in [0.4, 0.5) is 5.69 Å². The van der Waals surface area contributed by atoms with Gasteiger partial charge in [-0.2, -0.15) is 0 Å². The molecule has 0 saturated carbocycles. The summed E-state index contributed by atoms with van der Waals surface area (Å²) in [5.74, 6) is 0. The third-order valence-corrected chi connectivity index (χ3v) is 3.49. The molecule has 68 valence electrons.